The van der Waals surface area contributed by atoms with Crippen LogP contribution in [0.4, 0.5) is 0 Å². The lowest BCUT2D eigenvalue weighted by Gasteiger charge is -2.48. The van der Waals surface area contributed by atoms with E-state index in [1.165, 1.54) is 96.3 Å². The van der Waals surface area contributed by atoms with Crippen LogP contribution in [0.5, 0.6) is 0 Å². The first kappa shape index (κ1) is 75.2. The third kappa shape index (κ3) is 29.8. The van der Waals surface area contributed by atoms with Gasteiger partial charge in [-0.15, -0.1) is 0 Å². The van der Waals surface area contributed by atoms with Crippen LogP contribution < -0.4 is 5.32 Å². The number of carbonyl (C=O) groups excluding carboxylic acids is 1. The second kappa shape index (κ2) is 47.0. The van der Waals surface area contributed by atoms with Gasteiger partial charge in [0.05, 0.1) is 38.6 Å². The summed E-state index contributed by atoms with van der Waals surface area (Å²) in [6.45, 7) is 1.54. The van der Waals surface area contributed by atoms with Crippen molar-refractivity contribution in [3.63, 3.8) is 0 Å². The number of unbranched alkanes of at least 4 members (excludes halogenated alkanes) is 18. The van der Waals surface area contributed by atoms with Crippen LogP contribution in [0.2, 0.25) is 0 Å². The maximum atomic E-state index is 13.3. The molecule has 12 N–H and O–H groups in total. The fourth-order valence-corrected chi connectivity index (χ4v) is 10.2. The molecular weight excluding hydrogens is 1080 g/mol. The average Bonchev–Trinajstić information content (AvgIpc) is 2.82. The van der Waals surface area contributed by atoms with Gasteiger partial charge in [-0.05, 0) is 70.6 Å². The molecule has 3 aliphatic heterocycles. The highest BCUT2D eigenvalue weighted by molar-refractivity contribution is 5.76. The number of aliphatic hydroxyl groups is 11. The predicted octanol–water partition coefficient (Wildman–Crippen LogP) is 6.76. The Morgan fingerprint density at radius 3 is 1.33 bits per heavy atom. The molecule has 484 valence electrons. The van der Waals surface area contributed by atoms with E-state index in [-0.39, 0.29) is 12.3 Å². The molecule has 0 bridgehead atoms. The zero-order valence-electron chi connectivity index (χ0n) is 50.6. The highest BCUT2D eigenvalue weighted by atomic mass is 16.8. The SMILES string of the molecule is CC/C=C\C/C=C\C/C=C\C/C=C\C/C=C\CCCC(=O)NC(COC1OC(CO)C(OC2OC(CO)C(OC3OC(CO)C(O)C(O)C3O)C(O)C2O)C(O)C1O)C(O)/C=C/CC/C=C/CCCCCCCCCCCCCCCCCC. The highest BCUT2D eigenvalue weighted by Gasteiger charge is 2.53. The van der Waals surface area contributed by atoms with Gasteiger partial charge in [0.25, 0.3) is 0 Å². The maximum Gasteiger partial charge on any atom is 0.220 e. The van der Waals surface area contributed by atoms with Crippen LogP contribution in [0, 0.1) is 0 Å². The minimum absolute atomic E-state index is 0.153. The van der Waals surface area contributed by atoms with E-state index in [1.807, 2.05) is 18.2 Å². The second-order valence-corrected chi connectivity index (χ2v) is 22.5. The number of hydrogen-bond donors (Lipinski definition) is 12. The summed E-state index contributed by atoms with van der Waals surface area (Å²) in [6.07, 6.45) is 31.5. The molecule has 0 radical (unpaired) electrons. The maximum absolute atomic E-state index is 13.3. The molecule has 3 fully saturated rings. The van der Waals surface area contributed by atoms with Gasteiger partial charge in [-0.2, -0.15) is 0 Å². The third-order valence-electron chi connectivity index (χ3n) is 15.4. The molecule has 0 aromatic carbocycles. The Labute approximate surface area is 501 Å². The smallest absolute Gasteiger partial charge is 0.220 e. The lowest BCUT2D eigenvalue weighted by Crippen LogP contribution is -2.66. The third-order valence-corrected chi connectivity index (χ3v) is 15.4. The van der Waals surface area contributed by atoms with Crippen molar-refractivity contribution in [2.75, 3.05) is 26.4 Å². The zero-order chi connectivity index (χ0) is 61.2. The molecule has 0 aliphatic carbocycles. The molecule has 0 spiro atoms. The number of amides is 1. The summed E-state index contributed by atoms with van der Waals surface area (Å²) < 4.78 is 34.2. The van der Waals surface area contributed by atoms with Gasteiger partial charge in [0.2, 0.25) is 5.91 Å². The predicted molar refractivity (Wildman–Crippen MR) is 323 cm³/mol. The Kier molecular flexibility index (Phi) is 42.1. The monoisotopic (exact) mass is 1190 g/mol. The lowest BCUT2D eigenvalue weighted by atomic mass is 9.96. The Bertz CT molecular complexity index is 1860. The van der Waals surface area contributed by atoms with E-state index in [1.54, 1.807) is 6.08 Å². The average molecular weight is 1190 g/mol. The quantitative estimate of drug-likeness (QED) is 0.0221. The molecule has 19 nitrogen and oxygen atoms in total. The molecule has 84 heavy (non-hydrogen) atoms. The minimum atomic E-state index is -1.99. The summed E-state index contributed by atoms with van der Waals surface area (Å²) in [5.41, 5.74) is 0. The molecule has 3 aliphatic rings. The van der Waals surface area contributed by atoms with Crippen molar-refractivity contribution in [2.24, 2.45) is 0 Å². The van der Waals surface area contributed by atoms with Crippen LogP contribution in [0.25, 0.3) is 0 Å². The van der Waals surface area contributed by atoms with E-state index < -0.39 is 131 Å². The van der Waals surface area contributed by atoms with Crippen molar-refractivity contribution < 1.29 is 89.4 Å². The summed E-state index contributed by atoms with van der Waals surface area (Å²) in [6, 6.07) is -1.02. The molecule has 1 amide bonds. The molecule has 17 unspecified atom stereocenters. The van der Waals surface area contributed by atoms with Gasteiger partial charge in [0, 0.05) is 6.42 Å². The minimum Gasteiger partial charge on any atom is -0.394 e. The summed E-state index contributed by atoms with van der Waals surface area (Å²) >= 11 is 0. The standard InChI is InChI=1S/C65H111NO18/c1-3-5-7-9-11-13-15-17-19-21-22-23-24-25-27-28-30-32-34-36-38-40-42-49(70)48(66-53(71)43-41-39-37-35-33-31-29-26-20-18-16-14-12-10-8-6-4-2)47-79-63-59(77)56(74)61(51(45-68)81-63)84-65-60(78)57(75)62(52(46-69)82-65)83-64-58(76)55(73)54(72)50(44-67)80-64/h6,8,12,14,18,20,29,31-32,34-35,37,40,42,48-52,54-65,67-70,72-78H,3-5,7,9-11,13,15-17,19,21-28,30,33,36,38-39,41,43-47H2,1-2H3,(H,66,71)/b8-6-,14-12-,20-18-,31-29-,34-32+,37-35-,42-40+. The van der Waals surface area contributed by atoms with Crippen LogP contribution in [0.15, 0.2) is 85.1 Å². The van der Waals surface area contributed by atoms with Crippen molar-refractivity contribution in [3.05, 3.63) is 85.1 Å². The van der Waals surface area contributed by atoms with Crippen molar-refractivity contribution in [1.29, 1.82) is 0 Å². The summed E-state index contributed by atoms with van der Waals surface area (Å²) in [5, 5.41) is 120. The number of rotatable bonds is 46. The topological polar surface area (TPSA) is 307 Å². The molecular formula is C65H111NO18. The molecule has 19 heteroatoms. The summed E-state index contributed by atoms with van der Waals surface area (Å²) in [7, 11) is 0. The van der Waals surface area contributed by atoms with Crippen molar-refractivity contribution in [3.8, 4) is 0 Å². The van der Waals surface area contributed by atoms with Crippen molar-refractivity contribution >= 4 is 5.91 Å². The fourth-order valence-electron chi connectivity index (χ4n) is 10.2. The van der Waals surface area contributed by atoms with Gasteiger partial charge in [-0.25, -0.2) is 0 Å². The van der Waals surface area contributed by atoms with Gasteiger partial charge in [-0.1, -0.05) is 195 Å². The first-order chi connectivity index (χ1) is 40.8. The molecule has 0 aromatic heterocycles. The van der Waals surface area contributed by atoms with Crippen molar-refractivity contribution in [2.45, 2.75) is 291 Å². The van der Waals surface area contributed by atoms with Gasteiger partial charge in [0.15, 0.2) is 18.9 Å². The van der Waals surface area contributed by atoms with Crippen LogP contribution >= 0.6 is 0 Å². The van der Waals surface area contributed by atoms with E-state index in [9.17, 15) is 61.0 Å². The van der Waals surface area contributed by atoms with E-state index in [2.05, 4.69) is 79.9 Å². The molecule has 3 saturated heterocycles. The Morgan fingerprint density at radius 1 is 0.440 bits per heavy atom. The Balaban J connectivity index is 1.51. The molecule has 17 atom stereocenters. The highest BCUT2D eigenvalue weighted by Crippen LogP contribution is 2.33. The summed E-state index contributed by atoms with van der Waals surface area (Å²) in [4.78, 5) is 13.3. The van der Waals surface area contributed by atoms with E-state index >= 15 is 0 Å². The van der Waals surface area contributed by atoms with Gasteiger partial charge < -0.3 is 89.9 Å². The number of allylic oxidation sites excluding steroid dienone is 13. The molecule has 0 aromatic rings. The van der Waals surface area contributed by atoms with Gasteiger partial charge in [-0.3, -0.25) is 4.79 Å². The number of hydrogen-bond acceptors (Lipinski definition) is 18. The first-order valence-corrected chi connectivity index (χ1v) is 31.8. The summed E-state index contributed by atoms with van der Waals surface area (Å²) in [5.74, 6) is -0.345. The number of nitrogens with one attached hydrogen (secondary N) is 1. The zero-order valence-corrected chi connectivity index (χ0v) is 50.6. The number of carbonyl (C=O) groups is 1. The molecule has 3 rings (SSSR count). The Morgan fingerprint density at radius 2 is 0.833 bits per heavy atom. The van der Waals surface area contributed by atoms with Gasteiger partial charge >= 0.3 is 0 Å². The fraction of sp³-hybridized carbons (Fsp3) is 0.769. The molecule has 3 heterocycles. The first-order valence-electron chi connectivity index (χ1n) is 31.8. The van der Waals surface area contributed by atoms with Crippen LogP contribution in [0.3, 0.4) is 0 Å². The Hall–Kier alpha value is -3.03. The van der Waals surface area contributed by atoms with E-state index in [0.29, 0.717) is 19.3 Å². The van der Waals surface area contributed by atoms with Crippen LogP contribution in [-0.4, -0.2) is 193 Å². The van der Waals surface area contributed by atoms with Gasteiger partial charge in [0.1, 0.15) is 73.2 Å². The normalized spacial score (nSPS) is 29.8. The second-order valence-electron chi connectivity index (χ2n) is 22.5. The number of aliphatic hydroxyl groups excluding tert-OH is 11. The number of ether oxygens (including phenoxy) is 6. The lowest BCUT2D eigenvalue weighted by molar-refractivity contribution is -0.379. The van der Waals surface area contributed by atoms with Crippen molar-refractivity contribution in [1.82, 2.24) is 5.32 Å². The van der Waals surface area contributed by atoms with Crippen LogP contribution in [-0.2, 0) is 33.2 Å². The van der Waals surface area contributed by atoms with Crippen LogP contribution in [0.1, 0.15) is 187 Å². The van der Waals surface area contributed by atoms with E-state index in [4.69, 9.17) is 28.4 Å². The largest absolute Gasteiger partial charge is 0.394 e. The van der Waals surface area contributed by atoms with E-state index in [0.717, 1.165) is 51.4 Å². The molecule has 0 saturated carbocycles.